The van der Waals surface area contributed by atoms with Gasteiger partial charge in [-0.2, -0.15) is 5.26 Å². The Morgan fingerprint density at radius 3 is 2.73 bits per heavy atom. The molecule has 15 heavy (non-hydrogen) atoms. The van der Waals surface area contributed by atoms with E-state index in [-0.39, 0.29) is 16.5 Å². The third kappa shape index (κ3) is 1.37. The Kier molecular flexibility index (Phi) is 2.16. The monoisotopic (exact) mass is 207 g/mol. The maximum atomic E-state index is 13.3. The van der Waals surface area contributed by atoms with E-state index >= 15 is 0 Å². The first kappa shape index (κ1) is 9.66. The number of benzene rings is 1. The molecule has 1 aromatic carbocycles. The fraction of sp³-hybridized carbons (Fsp3) is 0.182. The molecule has 4 heteroatoms. The van der Waals surface area contributed by atoms with E-state index in [1.165, 1.54) is 0 Å². The zero-order chi connectivity index (χ0) is 11.0. The van der Waals surface area contributed by atoms with Crippen molar-refractivity contribution in [3.63, 3.8) is 0 Å². The van der Waals surface area contributed by atoms with E-state index in [1.807, 2.05) is 6.07 Å². The number of aryl methyl sites for hydroxylation is 1. The van der Waals surface area contributed by atoms with Gasteiger partial charge < -0.3 is 4.42 Å². The number of furan rings is 1. The molecule has 0 saturated carbocycles. The molecule has 76 valence electrons. The average molecular weight is 207 g/mol. The summed E-state index contributed by atoms with van der Waals surface area (Å²) in [5, 5.41) is 9.06. The molecule has 2 aromatic rings. The molecular weight excluding hydrogens is 200 g/mol. The Balaban J connectivity index is 2.90. The van der Waals surface area contributed by atoms with Crippen LogP contribution in [0.3, 0.4) is 0 Å². The number of nitrogens with zero attached hydrogens (tertiary/aromatic N) is 1. The van der Waals surface area contributed by atoms with Crippen LogP contribution in [0.5, 0.6) is 0 Å². The van der Waals surface area contributed by atoms with Crippen LogP contribution in [0.2, 0.25) is 0 Å². The number of fused-ring (bicyclic) bond motifs is 1. The fourth-order valence-corrected chi connectivity index (χ4v) is 1.55. The smallest absolute Gasteiger partial charge is 0.171 e. The van der Waals surface area contributed by atoms with Crippen LogP contribution in [0, 0.1) is 23.0 Å². The van der Waals surface area contributed by atoms with Gasteiger partial charge in [-0.05, 0) is 6.07 Å². The minimum atomic E-state index is -0.777. The van der Waals surface area contributed by atoms with Gasteiger partial charge in [-0.3, -0.25) is 0 Å². The quantitative estimate of drug-likeness (QED) is 0.720. The van der Waals surface area contributed by atoms with Gasteiger partial charge in [-0.25, -0.2) is 8.78 Å². The Bertz CT molecular complexity index is 566. The zero-order valence-corrected chi connectivity index (χ0v) is 7.97. The zero-order valence-electron chi connectivity index (χ0n) is 7.97. The number of hydrogen-bond donors (Lipinski definition) is 0. The third-order valence-electron chi connectivity index (χ3n) is 2.21. The molecule has 1 heterocycles. The van der Waals surface area contributed by atoms with Crippen LogP contribution in [-0.2, 0) is 6.42 Å². The lowest BCUT2D eigenvalue weighted by Gasteiger charge is -1.91. The highest BCUT2D eigenvalue weighted by Gasteiger charge is 2.16. The van der Waals surface area contributed by atoms with Crippen LogP contribution in [0.4, 0.5) is 8.78 Å². The summed E-state index contributed by atoms with van der Waals surface area (Å²) in [7, 11) is 0. The number of nitriles is 1. The largest absolute Gasteiger partial charge is 0.457 e. The van der Waals surface area contributed by atoms with Crippen LogP contribution in [-0.4, -0.2) is 0 Å². The molecule has 0 aliphatic heterocycles. The molecule has 0 radical (unpaired) electrons. The van der Waals surface area contributed by atoms with Crippen molar-refractivity contribution in [3.8, 4) is 6.07 Å². The highest BCUT2D eigenvalue weighted by molar-refractivity contribution is 5.85. The van der Waals surface area contributed by atoms with Gasteiger partial charge in [0, 0.05) is 17.9 Å². The van der Waals surface area contributed by atoms with E-state index in [4.69, 9.17) is 9.68 Å². The van der Waals surface area contributed by atoms with Gasteiger partial charge in [0.15, 0.2) is 11.4 Å². The summed E-state index contributed by atoms with van der Waals surface area (Å²) in [5.74, 6) is -1.10. The topological polar surface area (TPSA) is 36.9 Å². The van der Waals surface area contributed by atoms with Crippen molar-refractivity contribution in [2.45, 2.75) is 13.3 Å². The van der Waals surface area contributed by atoms with E-state index in [0.29, 0.717) is 12.2 Å². The van der Waals surface area contributed by atoms with Crippen molar-refractivity contribution in [3.05, 3.63) is 35.1 Å². The lowest BCUT2D eigenvalue weighted by atomic mass is 10.1. The molecule has 0 aliphatic carbocycles. The van der Waals surface area contributed by atoms with E-state index in [0.717, 1.165) is 12.1 Å². The van der Waals surface area contributed by atoms with Gasteiger partial charge in [0.2, 0.25) is 0 Å². The maximum absolute atomic E-state index is 13.3. The van der Waals surface area contributed by atoms with Crippen molar-refractivity contribution >= 4 is 11.0 Å². The van der Waals surface area contributed by atoms with Crippen LogP contribution < -0.4 is 0 Å². The lowest BCUT2D eigenvalue weighted by Crippen LogP contribution is -1.81. The highest BCUT2D eigenvalue weighted by Crippen LogP contribution is 2.28. The van der Waals surface area contributed by atoms with Gasteiger partial charge in [0.1, 0.15) is 23.2 Å². The summed E-state index contributed by atoms with van der Waals surface area (Å²) >= 11 is 0. The average Bonchev–Trinajstić information content (AvgIpc) is 2.55. The summed E-state index contributed by atoms with van der Waals surface area (Å²) in [6, 6.07) is 3.75. The third-order valence-corrected chi connectivity index (χ3v) is 2.21. The van der Waals surface area contributed by atoms with Crippen LogP contribution in [0.1, 0.15) is 18.2 Å². The van der Waals surface area contributed by atoms with Gasteiger partial charge in [0.05, 0.1) is 0 Å². The van der Waals surface area contributed by atoms with Crippen molar-refractivity contribution in [1.82, 2.24) is 0 Å². The first-order chi connectivity index (χ1) is 7.17. The van der Waals surface area contributed by atoms with Gasteiger partial charge >= 0.3 is 0 Å². The van der Waals surface area contributed by atoms with Gasteiger partial charge in [-0.15, -0.1) is 0 Å². The Morgan fingerprint density at radius 1 is 1.40 bits per heavy atom. The summed E-state index contributed by atoms with van der Waals surface area (Å²) in [5.41, 5.74) is 0.163. The fourth-order valence-electron chi connectivity index (χ4n) is 1.55. The molecule has 0 fully saturated rings. The Morgan fingerprint density at radius 2 is 2.13 bits per heavy atom. The number of hydrogen-bond acceptors (Lipinski definition) is 2. The van der Waals surface area contributed by atoms with Gasteiger partial charge in [-0.1, -0.05) is 6.92 Å². The molecular formula is C11H7F2NO. The molecule has 0 bridgehead atoms. The predicted molar refractivity (Wildman–Crippen MR) is 50.2 cm³/mol. The molecule has 0 aliphatic rings. The van der Waals surface area contributed by atoms with Crippen molar-refractivity contribution in [2.75, 3.05) is 0 Å². The van der Waals surface area contributed by atoms with E-state index < -0.39 is 11.6 Å². The minimum absolute atomic E-state index is 0.0511. The van der Waals surface area contributed by atoms with Crippen LogP contribution in [0.25, 0.3) is 11.0 Å². The second kappa shape index (κ2) is 3.35. The molecule has 2 rings (SSSR count). The van der Waals surface area contributed by atoms with Crippen molar-refractivity contribution in [1.29, 1.82) is 5.26 Å². The molecule has 0 spiro atoms. The predicted octanol–water partition coefficient (Wildman–Crippen LogP) is 3.15. The van der Waals surface area contributed by atoms with E-state index in [9.17, 15) is 8.78 Å². The van der Waals surface area contributed by atoms with Crippen molar-refractivity contribution < 1.29 is 13.2 Å². The van der Waals surface area contributed by atoms with Crippen molar-refractivity contribution in [2.24, 2.45) is 0 Å². The summed E-state index contributed by atoms with van der Waals surface area (Å²) in [4.78, 5) is 0. The SMILES string of the molecule is CCc1oc2c(F)cc(F)cc2c1C#N. The van der Waals surface area contributed by atoms with Crippen LogP contribution in [0.15, 0.2) is 16.5 Å². The summed E-state index contributed by atoms with van der Waals surface area (Å²) in [6.45, 7) is 1.78. The molecule has 0 atom stereocenters. The second-order valence-corrected chi connectivity index (χ2v) is 3.13. The summed E-state index contributed by atoms with van der Waals surface area (Å²) in [6.07, 6.45) is 0.471. The second-order valence-electron chi connectivity index (χ2n) is 3.13. The lowest BCUT2D eigenvalue weighted by molar-refractivity contribution is 0.518. The van der Waals surface area contributed by atoms with Gasteiger partial charge in [0.25, 0.3) is 0 Å². The molecule has 0 saturated heterocycles. The molecule has 0 amide bonds. The highest BCUT2D eigenvalue weighted by atomic mass is 19.1. The first-order valence-corrected chi connectivity index (χ1v) is 4.48. The number of halogens is 2. The van der Waals surface area contributed by atoms with Crippen LogP contribution >= 0.6 is 0 Å². The molecule has 0 unspecified atom stereocenters. The first-order valence-electron chi connectivity index (χ1n) is 4.48. The Labute approximate surface area is 84.7 Å². The minimum Gasteiger partial charge on any atom is -0.457 e. The molecule has 2 nitrogen and oxygen atoms in total. The number of rotatable bonds is 1. The molecule has 1 aromatic heterocycles. The molecule has 0 N–H and O–H groups in total. The standard InChI is InChI=1S/C11H7F2NO/c1-2-10-8(5-14)7-3-6(12)4-9(13)11(7)15-10/h3-4H,2H2,1H3. The van der Waals surface area contributed by atoms with E-state index in [1.54, 1.807) is 6.92 Å². The summed E-state index contributed by atoms with van der Waals surface area (Å²) < 4.78 is 31.4. The Hall–Kier alpha value is -1.89. The van der Waals surface area contributed by atoms with E-state index in [2.05, 4.69) is 0 Å². The maximum Gasteiger partial charge on any atom is 0.171 e. The normalized spacial score (nSPS) is 10.5.